The van der Waals surface area contributed by atoms with Gasteiger partial charge in [-0.3, -0.25) is 9.36 Å². The minimum Gasteiger partial charge on any atom is -0.382 e. The normalized spacial score (nSPS) is 14.7. The molecule has 0 spiro atoms. The summed E-state index contributed by atoms with van der Waals surface area (Å²) in [7, 11) is 7.69. The van der Waals surface area contributed by atoms with Crippen LogP contribution in [0.1, 0.15) is 11.1 Å². The van der Waals surface area contributed by atoms with E-state index in [1.54, 1.807) is 33.0 Å². The standard InChI is InChI=1S/C22H30N4O6/c1-12-8-14-15(9-13(12)2)26(20-18(23-14)21(27)25(3)22(28)24-20)10-16(30-5)19(32-7)17(31-6)11-29-4/h8-9,16-17,19H,10-11H2,1-7H3/t16-,17+,19-/m0/s1. The lowest BCUT2D eigenvalue weighted by atomic mass is 10.1. The molecule has 32 heavy (non-hydrogen) atoms. The Labute approximate surface area is 186 Å². The molecule has 0 N–H and O–H groups in total. The van der Waals surface area contributed by atoms with Crippen LogP contribution in [0.5, 0.6) is 0 Å². The molecule has 10 nitrogen and oxygen atoms in total. The van der Waals surface area contributed by atoms with Crippen molar-refractivity contribution in [1.29, 1.82) is 0 Å². The number of hydrogen-bond donors (Lipinski definition) is 0. The minimum atomic E-state index is -0.646. The molecule has 0 bridgehead atoms. The van der Waals surface area contributed by atoms with E-state index >= 15 is 0 Å². The average Bonchev–Trinajstić information content (AvgIpc) is 2.78. The zero-order valence-corrected chi connectivity index (χ0v) is 19.5. The Morgan fingerprint density at radius 1 is 0.938 bits per heavy atom. The molecule has 10 heteroatoms. The Kier molecular flexibility index (Phi) is 7.40. The maximum Gasteiger partial charge on any atom is 0.352 e. The number of aryl methyl sites for hydroxylation is 2. The zero-order chi connectivity index (χ0) is 23.6. The van der Waals surface area contributed by atoms with Gasteiger partial charge in [-0.15, -0.1) is 0 Å². The molecule has 2 heterocycles. The lowest BCUT2D eigenvalue weighted by Gasteiger charge is -2.32. The van der Waals surface area contributed by atoms with E-state index in [-0.39, 0.29) is 18.1 Å². The number of rotatable bonds is 9. The maximum absolute atomic E-state index is 12.8. The van der Waals surface area contributed by atoms with Crippen molar-refractivity contribution in [1.82, 2.24) is 19.1 Å². The summed E-state index contributed by atoms with van der Waals surface area (Å²) in [6.45, 7) is 4.52. The van der Waals surface area contributed by atoms with Gasteiger partial charge in [-0.2, -0.15) is 4.98 Å². The van der Waals surface area contributed by atoms with Crippen molar-refractivity contribution in [2.75, 3.05) is 35.0 Å². The molecule has 3 atom stereocenters. The fourth-order valence-electron chi connectivity index (χ4n) is 3.85. The molecule has 0 amide bonds. The predicted molar refractivity (Wildman–Crippen MR) is 119 cm³/mol. The number of hydrogen-bond acceptors (Lipinski definition) is 8. The first-order valence-corrected chi connectivity index (χ1v) is 10.2. The van der Waals surface area contributed by atoms with E-state index in [4.69, 9.17) is 18.9 Å². The van der Waals surface area contributed by atoms with Gasteiger partial charge in [0.2, 0.25) is 0 Å². The fraction of sp³-hybridized carbons (Fsp3) is 0.545. The molecule has 0 saturated carbocycles. The maximum atomic E-state index is 12.8. The van der Waals surface area contributed by atoms with Crippen LogP contribution < -0.4 is 11.2 Å². The monoisotopic (exact) mass is 446 g/mol. The second-order valence-electron chi connectivity index (χ2n) is 7.78. The van der Waals surface area contributed by atoms with Crippen molar-refractivity contribution in [2.24, 2.45) is 7.05 Å². The highest BCUT2D eigenvalue weighted by atomic mass is 16.6. The first-order valence-electron chi connectivity index (χ1n) is 10.2. The van der Waals surface area contributed by atoms with Gasteiger partial charge in [0.1, 0.15) is 18.3 Å². The number of fused-ring (bicyclic) bond motifs is 2. The highest BCUT2D eigenvalue weighted by Crippen LogP contribution is 2.25. The first-order chi connectivity index (χ1) is 15.3. The third kappa shape index (κ3) is 4.31. The van der Waals surface area contributed by atoms with Gasteiger partial charge in [0.05, 0.1) is 24.2 Å². The number of nitrogens with zero attached hydrogens (tertiary/aromatic N) is 4. The smallest absolute Gasteiger partial charge is 0.352 e. The van der Waals surface area contributed by atoms with E-state index in [2.05, 4.69) is 9.97 Å². The van der Waals surface area contributed by atoms with Crippen LogP contribution in [-0.2, 0) is 32.5 Å². The summed E-state index contributed by atoms with van der Waals surface area (Å²) in [5.41, 5.74) is 2.42. The quantitative estimate of drug-likeness (QED) is 0.447. The van der Waals surface area contributed by atoms with Gasteiger partial charge in [0.15, 0.2) is 11.5 Å². The Hall–Kier alpha value is -2.66. The third-order valence-electron chi connectivity index (χ3n) is 5.88. The molecule has 0 saturated heterocycles. The van der Waals surface area contributed by atoms with Crippen LogP contribution in [0.4, 0.5) is 0 Å². The Balaban J connectivity index is 2.27. The largest absolute Gasteiger partial charge is 0.382 e. The summed E-state index contributed by atoms with van der Waals surface area (Å²) < 4.78 is 25.1. The molecular weight excluding hydrogens is 416 g/mol. The van der Waals surface area contributed by atoms with Gasteiger partial charge in [-0.25, -0.2) is 9.78 Å². The molecule has 3 rings (SSSR count). The molecule has 0 radical (unpaired) electrons. The minimum absolute atomic E-state index is 0.117. The number of aromatic nitrogens is 4. The summed E-state index contributed by atoms with van der Waals surface area (Å²) >= 11 is 0. The van der Waals surface area contributed by atoms with Crippen molar-refractivity contribution >= 4 is 11.0 Å². The number of methoxy groups -OCH3 is 4. The summed E-state index contributed by atoms with van der Waals surface area (Å²) in [5.74, 6) is 0.200. The van der Waals surface area contributed by atoms with Gasteiger partial charge < -0.3 is 23.5 Å². The van der Waals surface area contributed by atoms with Crippen molar-refractivity contribution in [3.8, 4) is 11.5 Å². The summed E-state index contributed by atoms with van der Waals surface area (Å²) in [6, 6.07) is 3.89. The van der Waals surface area contributed by atoms with E-state index in [1.165, 1.54) is 7.05 Å². The molecule has 2 aliphatic heterocycles. The van der Waals surface area contributed by atoms with Crippen molar-refractivity contribution in [3.63, 3.8) is 0 Å². The molecular formula is C22H30N4O6. The van der Waals surface area contributed by atoms with Gasteiger partial charge in [-0.1, -0.05) is 0 Å². The SMILES string of the molecule is COC[C@@H](OC)[C@@H](OC)[C@H](Cn1c2nc(=O)n(C)c(=O)c-2nc2cc(C)c(C)cc21)OC. The van der Waals surface area contributed by atoms with Gasteiger partial charge in [0, 0.05) is 35.5 Å². The van der Waals surface area contributed by atoms with Crippen LogP contribution in [0, 0.1) is 13.8 Å². The van der Waals surface area contributed by atoms with E-state index in [0.717, 1.165) is 21.2 Å². The fourth-order valence-corrected chi connectivity index (χ4v) is 3.85. The summed E-state index contributed by atoms with van der Waals surface area (Å²) in [6.07, 6.45) is -1.38. The van der Waals surface area contributed by atoms with Crippen LogP contribution in [0.15, 0.2) is 21.7 Å². The zero-order valence-electron chi connectivity index (χ0n) is 19.5. The predicted octanol–water partition coefficient (Wildman–Crippen LogP) is 0.903. The van der Waals surface area contributed by atoms with Crippen molar-refractivity contribution in [2.45, 2.75) is 38.7 Å². The second-order valence-corrected chi connectivity index (χ2v) is 7.78. The summed E-state index contributed by atoms with van der Waals surface area (Å²) in [4.78, 5) is 33.9. The molecule has 1 aromatic carbocycles. The first kappa shape index (κ1) is 24.0. The van der Waals surface area contributed by atoms with Gasteiger partial charge in [0.25, 0.3) is 5.56 Å². The van der Waals surface area contributed by atoms with Crippen LogP contribution in [0.3, 0.4) is 0 Å². The summed E-state index contributed by atoms with van der Waals surface area (Å²) in [5, 5.41) is 0. The van der Waals surface area contributed by atoms with Crippen molar-refractivity contribution in [3.05, 3.63) is 44.1 Å². The molecule has 0 aromatic heterocycles. The Morgan fingerprint density at radius 3 is 2.19 bits per heavy atom. The highest BCUT2D eigenvalue weighted by Gasteiger charge is 2.32. The van der Waals surface area contributed by atoms with Crippen LogP contribution in [-0.4, -0.2) is 72.5 Å². The second kappa shape index (κ2) is 9.86. The van der Waals surface area contributed by atoms with E-state index in [9.17, 15) is 9.59 Å². The van der Waals surface area contributed by atoms with E-state index in [0.29, 0.717) is 12.1 Å². The Morgan fingerprint density at radius 2 is 1.59 bits per heavy atom. The Bertz CT molecular complexity index is 1190. The number of ether oxygens (including phenoxy) is 4. The highest BCUT2D eigenvalue weighted by molar-refractivity contribution is 5.81. The molecule has 2 aliphatic rings. The lowest BCUT2D eigenvalue weighted by molar-refractivity contribution is -0.127. The molecule has 0 aliphatic carbocycles. The van der Waals surface area contributed by atoms with Crippen LogP contribution >= 0.6 is 0 Å². The van der Waals surface area contributed by atoms with E-state index in [1.807, 2.05) is 26.0 Å². The number of benzene rings is 1. The topological polar surface area (TPSA) is 107 Å². The molecule has 0 fully saturated rings. The lowest BCUT2D eigenvalue weighted by Crippen LogP contribution is -2.46. The van der Waals surface area contributed by atoms with E-state index < -0.39 is 29.6 Å². The molecule has 174 valence electrons. The van der Waals surface area contributed by atoms with Crippen LogP contribution in [0.2, 0.25) is 0 Å². The van der Waals surface area contributed by atoms with Gasteiger partial charge in [-0.05, 0) is 37.1 Å². The average molecular weight is 447 g/mol. The van der Waals surface area contributed by atoms with Crippen molar-refractivity contribution < 1.29 is 18.9 Å². The third-order valence-corrected chi connectivity index (χ3v) is 5.88. The molecule has 0 unspecified atom stereocenters. The van der Waals surface area contributed by atoms with Gasteiger partial charge >= 0.3 is 5.69 Å². The van der Waals surface area contributed by atoms with Crippen LogP contribution in [0.25, 0.3) is 22.6 Å². The molecule has 1 aromatic rings.